The van der Waals surface area contributed by atoms with Crippen LogP contribution >= 0.6 is 0 Å². The number of aliphatic hydroxyl groups is 1. The van der Waals surface area contributed by atoms with E-state index in [0.717, 1.165) is 10.8 Å². The van der Waals surface area contributed by atoms with Crippen LogP contribution in [-0.4, -0.2) is 173 Å². The molecule has 0 radical (unpaired) electrons. The van der Waals surface area contributed by atoms with Crippen LogP contribution in [-0.2, 0) is 62.4 Å². The number of ketones is 1. The molecule has 0 saturated carbocycles. The van der Waals surface area contributed by atoms with Gasteiger partial charge in [0, 0.05) is 45.4 Å². The number of carbonyl (C=O) groups excluding carboxylic acids is 9. The zero-order valence-corrected chi connectivity index (χ0v) is 46.6. The van der Waals surface area contributed by atoms with Crippen LogP contribution < -0.4 is 49.1 Å². The first-order valence-electron chi connectivity index (χ1n) is 27.6. The van der Waals surface area contributed by atoms with E-state index in [2.05, 4.69) is 36.9 Å². The van der Waals surface area contributed by atoms with Crippen LogP contribution in [0.4, 0.5) is 4.79 Å². The van der Waals surface area contributed by atoms with E-state index in [-0.39, 0.29) is 94.5 Å². The van der Waals surface area contributed by atoms with E-state index in [1.165, 1.54) is 58.3 Å². The first kappa shape index (κ1) is 63.3. The quantitative estimate of drug-likeness (QED) is 0.0150. The van der Waals surface area contributed by atoms with E-state index in [4.69, 9.17) is 21.9 Å². The van der Waals surface area contributed by atoms with Gasteiger partial charge < -0.3 is 79.0 Å². The number of ether oxygens (including phenoxy) is 1. The number of nitrogens with zero attached hydrogens (tertiary/aromatic N) is 3. The summed E-state index contributed by atoms with van der Waals surface area (Å²) in [7, 11) is 0. The summed E-state index contributed by atoms with van der Waals surface area (Å²) in [4.78, 5) is 132. The third-order valence-electron chi connectivity index (χ3n) is 14.2. The Kier molecular flexibility index (Phi) is 23.5. The molecule has 25 heteroatoms. The number of fused-ring (bicyclic) bond motifs is 1. The van der Waals surface area contributed by atoms with Gasteiger partial charge in [-0.1, -0.05) is 80.6 Å². The van der Waals surface area contributed by atoms with Crippen molar-refractivity contribution in [3.8, 4) is 11.5 Å². The van der Waals surface area contributed by atoms with Crippen molar-refractivity contribution in [2.24, 2.45) is 28.1 Å². The molecule has 4 aromatic rings. The van der Waals surface area contributed by atoms with Gasteiger partial charge in [0.05, 0.1) is 32.3 Å². The van der Waals surface area contributed by atoms with Gasteiger partial charge in [-0.2, -0.15) is 0 Å². The van der Waals surface area contributed by atoms with Gasteiger partial charge in [-0.05, 0) is 89.8 Å². The number of phenolic OH excluding ortho intramolecular Hbond substituents is 2. The number of hydrogen-bond acceptors (Lipinski definition) is 14. The number of Topliss-reactive ketones (excluding diaryl/α,β-unsaturated/α-hetero) is 1. The van der Waals surface area contributed by atoms with E-state index in [1.54, 1.807) is 13.8 Å². The number of phenols is 2. The number of rotatable bonds is 28. The molecule has 0 bridgehead atoms. The van der Waals surface area contributed by atoms with Crippen molar-refractivity contribution in [3.05, 3.63) is 108 Å². The number of nitrogens with two attached hydrogens (primary N) is 3. The maximum atomic E-state index is 14.8. The van der Waals surface area contributed by atoms with Crippen molar-refractivity contribution in [2.45, 2.75) is 114 Å². The second kappa shape index (κ2) is 30.8. The lowest BCUT2D eigenvalue weighted by Gasteiger charge is -2.30. The predicted octanol–water partition coefficient (Wildman–Crippen LogP) is -0.359. The second-order valence-electron chi connectivity index (χ2n) is 21.1. The van der Waals surface area contributed by atoms with Crippen molar-refractivity contribution in [1.29, 1.82) is 0 Å². The molecule has 15 N–H and O–H groups in total. The smallest absolute Gasteiger partial charge is 0.318 e. The number of hydrogen-bond donors (Lipinski definition) is 12. The Morgan fingerprint density at radius 3 is 1.71 bits per heavy atom. The molecular weight excluding hydrogens is 1070 g/mol. The molecule has 9 amide bonds. The number of carbonyl (C=O) groups is 9. The normalized spacial score (nSPS) is 16.3. The third-order valence-corrected chi connectivity index (χ3v) is 14.2. The molecule has 446 valence electrons. The number of aliphatic imine (C=N–C) groups is 1. The van der Waals surface area contributed by atoms with Crippen molar-refractivity contribution < 1.29 is 63.2 Å². The van der Waals surface area contributed by atoms with E-state index in [9.17, 15) is 58.5 Å². The van der Waals surface area contributed by atoms with Crippen molar-refractivity contribution in [2.75, 3.05) is 46.0 Å². The highest BCUT2D eigenvalue weighted by molar-refractivity contribution is 6.02. The molecule has 0 spiro atoms. The Labute approximate surface area is 480 Å². The molecule has 2 fully saturated rings. The molecule has 2 heterocycles. The Morgan fingerprint density at radius 2 is 1.14 bits per heavy atom. The minimum Gasteiger partial charge on any atom is -0.508 e. The zero-order valence-electron chi connectivity index (χ0n) is 46.6. The zero-order chi connectivity index (χ0) is 60.2. The summed E-state index contributed by atoms with van der Waals surface area (Å²) < 4.78 is 5.40. The lowest BCUT2D eigenvalue weighted by molar-refractivity contribution is -0.142. The van der Waals surface area contributed by atoms with Crippen molar-refractivity contribution in [3.63, 3.8) is 0 Å². The number of benzene rings is 4. The number of amides is 9. The summed E-state index contributed by atoms with van der Waals surface area (Å²) in [6, 6.07) is 14.4. The fourth-order valence-corrected chi connectivity index (χ4v) is 9.93. The molecular formula is C58H76N12O13. The van der Waals surface area contributed by atoms with Gasteiger partial charge in [-0.3, -0.25) is 43.3 Å². The Balaban J connectivity index is 1.25. The number of guanidine groups is 1. The summed E-state index contributed by atoms with van der Waals surface area (Å²) >= 11 is 0. The molecule has 6 rings (SSSR count). The molecule has 7 atom stereocenters. The molecule has 2 aliphatic rings. The Bertz CT molecular complexity index is 2940. The van der Waals surface area contributed by atoms with Gasteiger partial charge in [0.2, 0.25) is 41.4 Å². The monoisotopic (exact) mass is 1150 g/mol. The molecule has 2 saturated heterocycles. The highest BCUT2D eigenvalue weighted by Gasteiger charge is 2.39. The number of aliphatic hydroxyl groups excluding tert-OH is 1. The van der Waals surface area contributed by atoms with Gasteiger partial charge in [0.15, 0.2) is 11.7 Å². The van der Waals surface area contributed by atoms with E-state index >= 15 is 0 Å². The molecule has 2 aliphatic heterocycles. The van der Waals surface area contributed by atoms with Crippen molar-refractivity contribution in [1.82, 2.24) is 41.7 Å². The molecule has 0 aromatic heterocycles. The first-order chi connectivity index (χ1) is 39.7. The van der Waals surface area contributed by atoms with E-state index in [0.29, 0.717) is 36.3 Å². The van der Waals surface area contributed by atoms with Crippen LogP contribution in [0, 0.1) is 5.92 Å². The minimum atomic E-state index is -1.69. The van der Waals surface area contributed by atoms with Gasteiger partial charge in [-0.25, -0.2) is 4.79 Å². The van der Waals surface area contributed by atoms with Crippen LogP contribution in [0.15, 0.2) is 96.0 Å². The maximum Gasteiger partial charge on any atom is 0.318 e. The van der Waals surface area contributed by atoms with Crippen LogP contribution in [0.1, 0.15) is 69.1 Å². The lowest BCUT2D eigenvalue weighted by Crippen LogP contribution is -2.61. The third kappa shape index (κ3) is 19.1. The Hall–Kier alpha value is -8.84. The van der Waals surface area contributed by atoms with Gasteiger partial charge in [0.1, 0.15) is 47.8 Å². The minimum absolute atomic E-state index is 0.00259. The average molecular weight is 1150 g/mol. The number of urea groups is 1. The summed E-state index contributed by atoms with van der Waals surface area (Å²) in [5.74, 6) is -7.05. The van der Waals surface area contributed by atoms with E-state index < -0.39 is 108 Å². The van der Waals surface area contributed by atoms with Crippen LogP contribution in [0.25, 0.3) is 10.8 Å². The molecule has 0 aliphatic carbocycles. The molecule has 0 unspecified atom stereocenters. The highest BCUT2D eigenvalue weighted by atomic mass is 16.5. The predicted molar refractivity (Wildman–Crippen MR) is 306 cm³/mol. The van der Waals surface area contributed by atoms with Crippen LogP contribution in [0.5, 0.6) is 11.5 Å². The molecule has 83 heavy (non-hydrogen) atoms. The number of primary amides is 1. The summed E-state index contributed by atoms with van der Waals surface area (Å²) in [5, 5.41) is 48.8. The topological polar surface area (TPSA) is 393 Å². The average Bonchev–Trinajstić information content (AvgIpc) is 4.23. The number of nitrogens with one attached hydrogen (secondary N) is 6. The fourth-order valence-electron chi connectivity index (χ4n) is 9.93. The van der Waals surface area contributed by atoms with Gasteiger partial charge in [-0.15, -0.1) is 0 Å². The summed E-state index contributed by atoms with van der Waals surface area (Å²) in [6.45, 7) is 4.00. The number of morpholine rings is 1. The van der Waals surface area contributed by atoms with Gasteiger partial charge >= 0.3 is 6.03 Å². The SMILES string of the molecule is CC(C)C[C@H](NC(=O)[C@@H](Cc1ccc(O)cc1)NC(=O)[C@H](Cc1ccc(O)cc1)NC(=O)[C@H](CO)NC(=O)[C@H](Cc1cccc2ccccc12)NC(=O)N1CCOCC1)C(=O)N[C@@H](CCCN=C(N)N)C(=O)N1CCC[C@H]1C(=O)CC(N)=O. The number of likely N-dealkylation sites (tertiary alicyclic amines) is 1. The maximum absolute atomic E-state index is 14.8. The Morgan fingerprint density at radius 1 is 0.627 bits per heavy atom. The van der Waals surface area contributed by atoms with Crippen molar-refractivity contribution >= 4 is 69.9 Å². The lowest BCUT2D eigenvalue weighted by atomic mass is 9.98. The largest absolute Gasteiger partial charge is 0.508 e. The highest BCUT2D eigenvalue weighted by Crippen LogP contribution is 2.23. The standard InChI is InChI=1S/C58H76N12O13/c1-34(2)28-43(51(76)63-42(12-6-22-62-57(60)61)56(81)70-23-7-13-48(70)49(74)32-50(59)75)64-52(77)44(29-35-14-18-39(72)19-15-35)65-53(78)45(30-36-16-20-40(73)21-17-36)66-55(80)47(33-71)67-54(79)46(68-58(82)69-24-26-83-27-25-69)31-38-10-5-9-37-8-3-4-11-41(37)38/h3-5,8-11,14-21,34,42-48,71-73H,6-7,12-13,22-33H2,1-2H3,(H2,59,75)(H,63,76)(H,64,77)(H,65,78)(H,66,80)(H,67,79)(H,68,82)(H4,60,61,62)/t42-,43-,44+,45-,46-,47-,48-/m0/s1. The van der Waals surface area contributed by atoms with Crippen LogP contribution in [0.3, 0.4) is 0 Å². The number of aromatic hydroxyl groups is 2. The second-order valence-corrected chi connectivity index (χ2v) is 21.1. The van der Waals surface area contributed by atoms with E-state index in [1.807, 2.05) is 42.5 Å². The van der Waals surface area contributed by atoms with Gasteiger partial charge in [0.25, 0.3) is 0 Å². The fraction of sp³-hybridized carbons (Fsp3) is 0.448. The summed E-state index contributed by atoms with van der Waals surface area (Å²) in [5.41, 5.74) is 18.0. The molecule has 25 nitrogen and oxygen atoms in total. The first-order valence-corrected chi connectivity index (χ1v) is 27.6. The summed E-state index contributed by atoms with van der Waals surface area (Å²) in [6.07, 6.45) is -0.118. The molecule has 4 aromatic carbocycles. The van der Waals surface area contributed by atoms with Crippen LogP contribution in [0.2, 0.25) is 0 Å².